The Kier molecular flexibility index (Phi) is 6.55. The van der Waals surface area contributed by atoms with Gasteiger partial charge in [-0.1, -0.05) is 0 Å². The second-order valence-corrected chi connectivity index (χ2v) is 9.91. The zero-order chi connectivity index (χ0) is 26.3. The van der Waals surface area contributed by atoms with E-state index in [1.807, 2.05) is 0 Å². The first-order valence-electron chi connectivity index (χ1n) is 11.7. The van der Waals surface area contributed by atoms with Crippen LogP contribution in [0.3, 0.4) is 0 Å². The summed E-state index contributed by atoms with van der Waals surface area (Å²) in [4.78, 5) is 40.6. The molecule has 1 aliphatic rings. The van der Waals surface area contributed by atoms with E-state index in [1.165, 1.54) is 26.2 Å². The Labute approximate surface area is 209 Å². The molecule has 0 bridgehead atoms. The van der Waals surface area contributed by atoms with Gasteiger partial charge in [0, 0.05) is 18.3 Å². The summed E-state index contributed by atoms with van der Waals surface area (Å²) in [5.74, 6) is 1.20. The molecule has 0 radical (unpaired) electrons. The number of hydrogen-bond donors (Lipinski definition) is 1. The van der Waals surface area contributed by atoms with Gasteiger partial charge in [-0.2, -0.15) is 0 Å². The van der Waals surface area contributed by atoms with Crippen LogP contribution in [0, 0.1) is 0 Å². The number of carbonyl (C=O) groups excluding carboxylic acids is 2. The number of fused-ring (bicyclic) bond motifs is 1. The molecule has 1 amide bonds. The number of H-pyrrole nitrogens is 1. The van der Waals surface area contributed by atoms with Crippen LogP contribution in [0.1, 0.15) is 50.9 Å². The Hall–Kier alpha value is -3.82. The van der Waals surface area contributed by atoms with Crippen molar-refractivity contribution in [3.8, 4) is 28.5 Å². The number of nitrogens with one attached hydrogen (secondary N) is 1. The minimum absolute atomic E-state index is 0.214. The molecule has 0 spiro atoms. The van der Waals surface area contributed by atoms with E-state index in [0.29, 0.717) is 64.6 Å². The summed E-state index contributed by atoms with van der Waals surface area (Å²) >= 11 is 0. The van der Waals surface area contributed by atoms with Crippen LogP contribution in [0.25, 0.3) is 22.4 Å². The van der Waals surface area contributed by atoms with E-state index in [2.05, 4.69) is 9.97 Å². The number of Topliss-reactive ketones (excluding diaryl/α,β-unsaturated/α-hetero) is 1. The molecule has 0 saturated carbocycles. The minimum Gasteiger partial charge on any atom is -0.493 e. The molecule has 1 N–H and O–H groups in total. The average Bonchev–Trinajstić information content (AvgIpc) is 3.45. The number of aromatic amines is 1. The Bertz CT molecular complexity index is 1290. The maximum absolute atomic E-state index is 13.9. The Balaban J connectivity index is 1.75. The highest BCUT2D eigenvalue weighted by atomic mass is 16.6. The van der Waals surface area contributed by atoms with Crippen LogP contribution in [0.4, 0.5) is 4.79 Å². The van der Waals surface area contributed by atoms with Gasteiger partial charge in [0.15, 0.2) is 22.9 Å². The number of benzene rings is 1. The molecule has 0 aliphatic carbocycles. The standard InChI is InChI=1S/C26H32N4O6/c1-25(2,3)36-24(32)30-10-8-9-26(30,4)22(31)16-13-27-23-20(16)29-17(14-28-23)15-11-18(33-5)21(35-7)19(12-15)34-6/h11-14H,8-10H2,1-7H3,(H,27,28). The average molecular weight is 497 g/mol. The predicted octanol–water partition coefficient (Wildman–Crippen LogP) is 4.62. The van der Waals surface area contributed by atoms with Gasteiger partial charge >= 0.3 is 6.09 Å². The van der Waals surface area contributed by atoms with Crippen molar-refractivity contribution in [2.24, 2.45) is 0 Å². The number of likely N-dealkylation sites (tertiary alicyclic amines) is 1. The van der Waals surface area contributed by atoms with Gasteiger partial charge in [0.05, 0.1) is 38.8 Å². The van der Waals surface area contributed by atoms with E-state index in [-0.39, 0.29) is 5.78 Å². The van der Waals surface area contributed by atoms with Gasteiger partial charge in [0.1, 0.15) is 16.7 Å². The molecule has 1 atom stereocenters. The highest BCUT2D eigenvalue weighted by Crippen LogP contribution is 2.41. The van der Waals surface area contributed by atoms with Crippen molar-refractivity contribution in [2.75, 3.05) is 27.9 Å². The van der Waals surface area contributed by atoms with Crippen LogP contribution in [0.2, 0.25) is 0 Å². The Morgan fingerprint density at radius 1 is 1.08 bits per heavy atom. The lowest BCUT2D eigenvalue weighted by molar-refractivity contribution is 0.0114. The SMILES string of the molecule is COc1cc(-c2cnc3[nH]cc(C(=O)C4(C)CCCN4C(=O)OC(C)(C)C)c3n2)cc(OC)c1OC. The topological polar surface area (TPSA) is 116 Å². The van der Waals surface area contributed by atoms with E-state index in [0.717, 1.165) is 0 Å². The van der Waals surface area contributed by atoms with E-state index in [1.54, 1.807) is 52.2 Å². The second-order valence-electron chi connectivity index (χ2n) is 9.91. The summed E-state index contributed by atoms with van der Waals surface area (Å²) in [7, 11) is 4.61. The van der Waals surface area contributed by atoms with Crippen molar-refractivity contribution in [3.63, 3.8) is 0 Å². The summed E-state index contributed by atoms with van der Waals surface area (Å²) in [5, 5.41) is 0. The van der Waals surface area contributed by atoms with Crippen molar-refractivity contribution < 1.29 is 28.5 Å². The number of methoxy groups -OCH3 is 3. The zero-order valence-corrected chi connectivity index (χ0v) is 21.7. The normalized spacial score (nSPS) is 17.8. The van der Waals surface area contributed by atoms with Crippen LogP contribution in [0.5, 0.6) is 17.2 Å². The second kappa shape index (κ2) is 9.33. The number of amides is 1. The van der Waals surface area contributed by atoms with Gasteiger partial charge in [-0.05, 0) is 52.7 Å². The fourth-order valence-electron chi connectivity index (χ4n) is 4.53. The number of ether oxygens (including phenoxy) is 4. The minimum atomic E-state index is -1.05. The molecule has 10 heteroatoms. The predicted molar refractivity (Wildman–Crippen MR) is 134 cm³/mol. The summed E-state index contributed by atoms with van der Waals surface area (Å²) in [6.45, 7) is 7.64. The van der Waals surface area contributed by atoms with Crippen molar-refractivity contribution in [1.29, 1.82) is 0 Å². The zero-order valence-electron chi connectivity index (χ0n) is 21.7. The quantitative estimate of drug-likeness (QED) is 0.492. The van der Waals surface area contributed by atoms with Crippen molar-refractivity contribution in [3.05, 3.63) is 30.1 Å². The van der Waals surface area contributed by atoms with Crippen LogP contribution in [0.15, 0.2) is 24.5 Å². The van der Waals surface area contributed by atoms with Crippen molar-refractivity contribution in [1.82, 2.24) is 19.9 Å². The molecule has 36 heavy (non-hydrogen) atoms. The number of rotatable bonds is 6. The number of carbonyl (C=O) groups is 2. The van der Waals surface area contributed by atoms with Gasteiger partial charge in [-0.3, -0.25) is 9.69 Å². The maximum Gasteiger partial charge on any atom is 0.411 e. The third kappa shape index (κ3) is 4.43. The van der Waals surface area contributed by atoms with Gasteiger partial charge in [0.25, 0.3) is 0 Å². The van der Waals surface area contributed by atoms with Gasteiger partial charge in [-0.25, -0.2) is 14.8 Å². The molecule has 1 aromatic carbocycles. The highest BCUT2D eigenvalue weighted by molar-refractivity contribution is 6.11. The molecule has 1 aliphatic heterocycles. The lowest BCUT2D eigenvalue weighted by Gasteiger charge is -2.35. The molecule has 3 aromatic rings. The smallest absolute Gasteiger partial charge is 0.411 e. The largest absolute Gasteiger partial charge is 0.493 e. The first-order chi connectivity index (χ1) is 17.0. The molecular formula is C26H32N4O6. The van der Waals surface area contributed by atoms with Gasteiger partial charge in [-0.15, -0.1) is 0 Å². The number of aromatic nitrogens is 3. The van der Waals surface area contributed by atoms with E-state index in [4.69, 9.17) is 23.9 Å². The third-order valence-corrected chi connectivity index (χ3v) is 6.33. The molecule has 2 aromatic heterocycles. The molecule has 10 nitrogen and oxygen atoms in total. The summed E-state index contributed by atoms with van der Waals surface area (Å²) in [6.07, 6.45) is 3.94. The van der Waals surface area contributed by atoms with Crippen molar-refractivity contribution >= 4 is 23.0 Å². The molecule has 192 valence electrons. The molecule has 1 unspecified atom stereocenters. The first kappa shape index (κ1) is 25.3. The van der Waals surface area contributed by atoms with Crippen LogP contribution < -0.4 is 14.2 Å². The lowest BCUT2D eigenvalue weighted by Crippen LogP contribution is -2.52. The maximum atomic E-state index is 13.9. The Morgan fingerprint density at radius 3 is 2.33 bits per heavy atom. The number of nitrogens with zero attached hydrogens (tertiary/aromatic N) is 3. The summed E-state index contributed by atoms with van der Waals surface area (Å²) in [5.41, 5.74) is 0.748. The fourth-order valence-corrected chi connectivity index (χ4v) is 4.53. The molecule has 4 rings (SSSR count). The summed E-state index contributed by atoms with van der Waals surface area (Å²) in [6, 6.07) is 3.54. The Morgan fingerprint density at radius 2 is 1.75 bits per heavy atom. The van der Waals surface area contributed by atoms with E-state index >= 15 is 0 Å². The van der Waals surface area contributed by atoms with Gasteiger partial charge < -0.3 is 23.9 Å². The van der Waals surface area contributed by atoms with Crippen LogP contribution in [-0.4, -0.2) is 70.7 Å². The van der Waals surface area contributed by atoms with E-state index < -0.39 is 17.2 Å². The summed E-state index contributed by atoms with van der Waals surface area (Å²) < 4.78 is 21.9. The molecule has 3 heterocycles. The molecule has 1 fully saturated rings. The first-order valence-corrected chi connectivity index (χ1v) is 11.7. The van der Waals surface area contributed by atoms with Crippen LogP contribution >= 0.6 is 0 Å². The number of ketones is 1. The number of hydrogen-bond acceptors (Lipinski definition) is 8. The molecule has 1 saturated heterocycles. The molecular weight excluding hydrogens is 464 g/mol. The van der Waals surface area contributed by atoms with Crippen LogP contribution in [-0.2, 0) is 4.74 Å². The van der Waals surface area contributed by atoms with E-state index in [9.17, 15) is 9.59 Å². The highest BCUT2D eigenvalue weighted by Gasteiger charge is 2.48. The van der Waals surface area contributed by atoms with Crippen molar-refractivity contribution in [2.45, 2.75) is 51.7 Å². The third-order valence-electron chi connectivity index (χ3n) is 6.33. The monoisotopic (exact) mass is 496 g/mol. The van der Waals surface area contributed by atoms with Gasteiger partial charge in [0.2, 0.25) is 5.75 Å². The lowest BCUT2D eigenvalue weighted by atomic mass is 9.89. The fraction of sp³-hybridized carbons (Fsp3) is 0.462.